The van der Waals surface area contributed by atoms with Crippen molar-refractivity contribution < 1.29 is 14.3 Å². The number of carbonyl (C=O) groups is 1. The summed E-state index contributed by atoms with van der Waals surface area (Å²) in [6, 6.07) is 18.9. The molecule has 0 radical (unpaired) electrons. The van der Waals surface area contributed by atoms with E-state index in [1.54, 1.807) is 0 Å². The highest BCUT2D eigenvalue weighted by Gasteiger charge is 1.99. The minimum absolute atomic E-state index is 0.310. The number of esters is 1. The molecule has 0 saturated carbocycles. The molecule has 0 N–H and O–H groups in total. The second-order valence-corrected chi connectivity index (χ2v) is 9.06. The third-order valence-corrected chi connectivity index (χ3v) is 6.18. The smallest absolute Gasteiger partial charge is 0.330 e. The predicted octanol–water partition coefficient (Wildman–Crippen LogP) is 8.92. The van der Waals surface area contributed by atoms with Gasteiger partial charge in [-0.3, -0.25) is 0 Å². The Bertz CT molecular complexity index is 767. The Labute approximate surface area is 207 Å². The summed E-state index contributed by atoms with van der Waals surface area (Å²) in [5.41, 5.74) is 2.47. The second-order valence-electron chi connectivity index (χ2n) is 9.06. The van der Waals surface area contributed by atoms with Crippen molar-refractivity contribution in [2.45, 2.75) is 89.9 Å². The molecule has 0 spiro atoms. The maximum absolute atomic E-state index is 10.9. The molecular weight excluding hydrogens is 420 g/mol. The number of hydrogen-bond donors (Lipinski definition) is 0. The van der Waals surface area contributed by atoms with Gasteiger partial charge >= 0.3 is 5.97 Å². The zero-order valence-corrected chi connectivity index (χ0v) is 21.0. The highest BCUT2D eigenvalue weighted by atomic mass is 16.5. The first-order valence-corrected chi connectivity index (χ1v) is 13.4. The van der Waals surface area contributed by atoms with Gasteiger partial charge in [-0.25, -0.2) is 4.79 Å². The van der Waals surface area contributed by atoms with Gasteiger partial charge in [0.25, 0.3) is 0 Å². The minimum Gasteiger partial charge on any atom is -0.494 e. The zero-order valence-electron chi connectivity index (χ0n) is 21.0. The third kappa shape index (κ3) is 13.2. The van der Waals surface area contributed by atoms with Gasteiger partial charge in [-0.05, 0) is 36.1 Å². The first-order chi connectivity index (χ1) is 16.8. The van der Waals surface area contributed by atoms with Crippen molar-refractivity contribution >= 4 is 5.97 Å². The summed E-state index contributed by atoms with van der Waals surface area (Å²) < 4.78 is 10.9. The summed E-state index contributed by atoms with van der Waals surface area (Å²) in [6.07, 6.45) is 19.1. The lowest BCUT2D eigenvalue weighted by Gasteiger charge is -2.08. The largest absolute Gasteiger partial charge is 0.494 e. The number of benzene rings is 2. The van der Waals surface area contributed by atoms with Crippen molar-refractivity contribution in [3.8, 4) is 16.9 Å². The van der Waals surface area contributed by atoms with Crippen LogP contribution in [0.2, 0.25) is 0 Å². The van der Waals surface area contributed by atoms with E-state index in [0.717, 1.165) is 31.6 Å². The molecule has 0 fully saturated rings. The lowest BCUT2D eigenvalue weighted by molar-refractivity contribution is -0.137. The Morgan fingerprint density at radius 1 is 0.588 bits per heavy atom. The molecule has 0 saturated heterocycles. The van der Waals surface area contributed by atoms with Gasteiger partial charge in [0.05, 0.1) is 13.2 Å². The van der Waals surface area contributed by atoms with Crippen molar-refractivity contribution in [3.05, 3.63) is 67.3 Å². The van der Waals surface area contributed by atoms with Crippen molar-refractivity contribution in [2.75, 3.05) is 13.2 Å². The standard InChI is InChI=1S/C31H44O3/c1-2-31(32)34-27-19-14-12-10-8-6-4-3-5-7-9-11-13-18-26-33-30-24-22-29(23-25-30)28-20-16-15-17-21-28/h2,15-17,20-25H,1,3-14,18-19,26-27H2. The highest BCUT2D eigenvalue weighted by Crippen LogP contribution is 2.22. The van der Waals surface area contributed by atoms with Gasteiger partial charge in [-0.1, -0.05) is 126 Å². The van der Waals surface area contributed by atoms with Crippen LogP contribution in [-0.4, -0.2) is 19.2 Å². The van der Waals surface area contributed by atoms with Crippen LogP contribution in [0.4, 0.5) is 0 Å². The van der Waals surface area contributed by atoms with E-state index in [9.17, 15) is 4.79 Å². The first kappa shape index (κ1) is 27.7. The van der Waals surface area contributed by atoms with Gasteiger partial charge < -0.3 is 9.47 Å². The predicted molar refractivity (Wildman–Crippen MR) is 143 cm³/mol. The summed E-state index contributed by atoms with van der Waals surface area (Å²) in [4.78, 5) is 10.9. The Balaban J connectivity index is 1.31. The van der Waals surface area contributed by atoms with Gasteiger partial charge in [-0.2, -0.15) is 0 Å². The van der Waals surface area contributed by atoms with Gasteiger partial charge in [0.15, 0.2) is 0 Å². The lowest BCUT2D eigenvalue weighted by atomic mass is 10.0. The number of rotatable bonds is 20. The molecule has 0 unspecified atom stereocenters. The summed E-state index contributed by atoms with van der Waals surface area (Å²) in [6.45, 7) is 4.73. The normalized spacial score (nSPS) is 10.7. The number of carbonyl (C=O) groups excluding carboxylic acids is 1. The molecule has 0 aliphatic carbocycles. The molecule has 0 aliphatic heterocycles. The van der Waals surface area contributed by atoms with Gasteiger partial charge in [0, 0.05) is 6.08 Å². The molecule has 0 aromatic heterocycles. The van der Waals surface area contributed by atoms with Crippen LogP contribution in [-0.2, 0) is 9.53 Å². The Morgan fingerprint density at radius 3 is 1.53 bits per heavy atom. The van der Waals surface area contributed by atoms with Crippen molar-refractivity contribution in [1.82, 2.24) is 0 Å². The van der Waals surface area contributed by atoms with Crippen molar-refractivity contribution in [1.29, 1.82) is 0 Å². The van der Waals surface area contributed by atoms with Crippen molar-refractivity contribution in [2.24, 2.45) is 0 Å². The van der Waals surface area contributed by atoms with Crippen LogP contribution in [0.1, 0.15) is 89.9 Å². The molecule has 0 atom stereocenters. The lowest BCUT2D eigenvalue weighted by Crippen LogP contribution is -2.01. The molecular formula is C31H44O3. The molecule has 2 rings (SSSR count). The van der Waals surface area contributed by atoms with Gasteiger partial charge in [0.2, 0.25) is 0 Å². The maximum atomic E-state index is 10.9. The van der Waals surface area contributed by atoms with Crippen LogP contribution < -0.4 is 4.74 Å². The summed E-state index contributed by atoms with van der Waals surface area (Å²) in [5.74, 6) is 0.656. The Hall–Kier alpha value is -2.55. The number of unbranched alkanes of at least 4 members (excludes halogenated alkanes) is 13. The van der Waals surface area contributed by atoms with E-state index in [1.165, 1.54) is 87.8 Å². The molecule has 2 aromatic carbocycles. The molecule has 0 bridgehead atoms. The highest BCUT2D eigenvalue weighted by molar-refractivity contribution is 5.81. The molecule has 0 amide bonds. The average molecular weight is 465 g/mol. The van der Waals surface area contributed by atoms with Crippen LogP contribution in [0, 0.1) is 0 Å². The van der Waals surface area contributed by atoms with E-state index in [0.29, 0.717) is 6.61 Å². The Kier molecular flexibility index (Phi) is 15.3. The minimum atomic E-state index is -0.310. The molecule has 186 valence electrons. The summed E-state index contributed by atoms with van der Waals surface area (Å²) >= 11 is 0. The fourth-order valence-corrected chi connectivity index (χ4v) is 4.12. The third-order valence-electron chi connectivity index (χ3n) is 6.18. The van der Waals surface area contributed by atoms with Crippen LogP contribution in [0.5, 0.6) is 5.75 Å². The monoisotopic (exact) mass is 464 g/mol. The van der Waals surface area contributed by atoms with Gasteiger partial charge in [-0.15, -0.1) is 0 Å². The van der Waals surface area contributed by atoms with Crippen molar-refractivity contribution in [3.63, 3.8) is 0 Å². The number of ether oxygens (including phenoxy) is 2. The van der Waals surface area contributed by atoms with E-state index < -0.39 is 0 Å². The van der Waals surface area contributed by atoms with E-state index in [-0.39, 0.29) is 5.97 Å². The topological polar surface area (TPSA) is 35.5 Å². The average Bonchev–Trinajstić information content (AvgIpc) is 2.88. The fourth-order valence-electron chi connectivity index (χ4n) is 4.12. The van der Waals surface area contributed by atoms with E-state index >= 15 is 0 Å². The molecule has 0 heterocycles. The summed E-state index contributed by atoms with van der Waals surface area (Å²) in [5, 5.41) is 0. The molecule has 3 nitrogen and oxygen atoms in total. The molecule has 2 aromatic rings. The SMILES string of the molecule is C=CC(=O)OCCCCCCCCCCCCCCCCOc1ccc(-c2ccccc2)cc1. The maximum Gasteiger partial charge on any atom is 0.330 e. The zero-order chi connectivity index (χ0) is 24.1. The Morgan fingerprint density at radius 2 is 1.03 bits per heavy atom. The quantitative estimate of drug-likeness (QED) is 0.111. The first-order valence-electron chi connectivity index (χ1n) is 13.4. The molecule has 34 heavy (non-hydrogen) atoms. The molecule has 0 aliphatic rings. The fraction of sp³-hybridized carbons (Fsp3) is 0.516. The van der Waals surface area contributed by atoms with Gasteiger partial charge in [0.1, 0.15) is 5.75 Å². The van der Waals surface area contributed by atoms with Crippen LogP contribution in [0.25, 0.3) is 11.1 Å². The summed E-state index contributed by atoms with van der Waals surface area (Å²) in [7, 11) is 0. The molecule has 3 heteroatoms. The van der Waals surface area contributed by atoms with E-state index in [4.69, 9.17) is 9.47 Å². The second kappa shape index (κ2) is 18.8. The van der Waals surface area contributed by atoms with Crippen LogP contribution in [0.3, 0.4) is 0 Å². The van der Waals surface area contributed by atoms with Crippen LogP contribution in [0.15, 0.2) is 67.3 Å². The number of hydrogen-bond acceptors (Lipinski definition) is 3. The van der Waals surface area contributed by atoms with Crippen LogP contribution >= 0.6 is 0 Å². The van der Waals surface area contributed by atoms with E-state index in [1.807, 2.05) is 6.07 Å². The van der Waals surface area contributed by atoms with E-state index in [2.05, 4.69) is 55.1 Å².